The van der Waals surface area contributed by atoms with Crippen molar-refractivity contribution in [3.05, 3.63) is 90.1 Å². The summed E-state index contributed by atoms with van der Waals surface area (Å²) in [5, 5.41) is 0. The summed E-state index contributed by atoms with van der Waals surface area (Å²) in [5.74, 6) is 1.63. The van der Waals surface area contributed by atoms with Gasteiger partial charge in [0.15, 0.2) is 6.10 Å². The molecular formula is C24H26N2O2. The molecule has 2 aromatic carbocycles. The van der Waals surface area contributed by atoms with Gasteiger partial charge in [-0.1, -0.05) is 62.4 Å². The molecule has 4 nitrogen and oxygen atoms in total. The van der Waals surface area contributed by atoms with Crippen LogP contribution in [0.1, 0.15) is 37.8 Å². The maximum Gasteiger partial charge on any atom is 0.269 e. The minimum atomic E-state index is -0.629. The van der Waals surface area contributed by atoms with Crippen LogP contribution in [0.3, 0.4) is 0 Å². The second kappa shape index (κ2) is 9.18. The van der Waals surface area contributed by atoms with E-state index < -0.39 is 6.10 Å². The smallest absolute Gasteiger partial charge is 0.269 e. The number of aromatic nitrogens is 1. The zero-order chi connectivity index (χ0) is 19.9. The van der Waals surface area contributed by atoms with E-state index in [9.17, 15) is 4.79 Å². The lowest BCUT2D eigenvalue weighted by Crippen LogP contribution is -2.40. The van der Waals surface area contributed by atoms with Crippen molar-refractivity contribution in [2.75, 3.05) is 4.90 Å². The molecule has 0 saturated heterocycles. The molecule has 1 atom stereocenters. The number of carbonyl (C=O) groups is 1. The van der Waals surface area contributed by atoms with Crippen LogP contribution in [-0.4, -0.2) is 17.0 Å². The van der Waals surface area contributed by atoms with Crippen molar-refractivity contribution >= 4 is 11.7 Å². The topological polar surface area (TPSA) is 42.4 Å². The number of hydrogen-bond acceptors (Lipinski definition) is 3. The first-order valence-corrected chi connectivity index (χ1v) is 9.57. The molecule has 0 aliphatic heterocycles. The molecule has 1 heterocycles. The molecule has 4 heteroatoms. The van der Waals surface area contributed by atoms with Gasteiger partial charge in [0.2, 0.25) is 0 Å². The highest BCUT2D eigenvalue weighted by molar-refractivity contribution is 5.95. The average Bonchev–Trinajstić information content (AvgIpc) is 2.73. The normalized spacial score (nSPS) is 11.9. The van der Waals surface area contributed by atoms with Crippen molar-refractivity contribution in [2.24, 2.45) is 0 Å². The highest BCUT2D eigenvalue weighted by Crippen LogP contribution is 2.21. The van der Waals surface area contributed by atoms with Crippen LogP contribution in [0.5, 0.6) is 5.75 Å². The van der Waals surface area contributed by atoms with Gasteiger partial charge in [-0.3, -0.25) is 9.69 Å². The fraction of sp³-hybridized carbons (Fsp3) is 0.250. The van der Waals surface area contributed by atoms with Gasteiger partial charge in [-0.25, -0.2) is 4.98 Å². The summed E-state index contributed by atoms with van der Waals surface area (Å²) in [6, 6.07) is 23.4. The highest BCUT2D eigenvalue weighted by Gasteiger charge is 2.24. The van der Waals surface area contributed by atoms with Gasteiger partial charge >= 0.3 is 0 Å². The molecule has 0 spiro atoms. The molecule has 0 saturated carbocycles. The zero-order valence-electron chi connectivity index (χ0n) is 16.6. The molecular weight excluding hydrogens is 348 g/mol. The first-order valence-electron chi connectivity index (χ1n) is 9.57. The Kier molecular flexibility index (Phi) is 6.43. The third-order valence-electron chi connectivity index (χ3n) is 4.58. The van der Waals surface area contributed by atoms with E-state index in [4.69, 9.17) is 4.74 Å². The van der Waals surface area contributed by atoms with Crippen molar-refractivity contribution in [2.45, 2.75) is 39.3 Å². The number of pyridine rings is 1. The van der Waals surface area contributed by atoms with E-state index in [-0.39, 0.29) is 5.91 Å². The van der Waals surface area contributed by atoms with Gasteiger partial charge in [0.1, 0.15) is 11.6 Å². The lowest BCUT2D eigenvalue weighted by atomic mass is 10.0. The number of rotatable bonds is 7. The van der Waals surface area contributed by atoms with E-state index >= 15 is 0 Å². The third kappa shape index (κ3) is 4.97. The lowest BCUT2D eigenvalue weighted by Gasteiger charge is -2.25. The Morgan fingerprint density at radius 3 is 2.21 bits per heavy atom. The predicted octanol–water partition coefficient (Wildman–Crippen LogP) is 5.21. The fourth-order valence-electron chi connectivity index (χ4n) is 2.96. The monoisotopic (exact) mass is 374 g/mol. The Labute approximate surface area is 166 Å². The molecule has 0 fully saturated rings. The van der Waals surface area contributed by atoms with Gasteiger partial charge in [0, 0.05) is 6.20 Å². The number of benzene rings is 2. The molecule has 0 bridgehead atoms. The molecule has 1 aromatic heterocycles. The van der Waals surface area contributed by atoms with E-state index in [1.807, 2.05) is 72.8 Å². The van der Waals surface area contributed by atoms with Crippen molar-refractivity contribution in [1.82, 2.24) is 4.98 Å². The first kappa shape index (κ1) is 19.6. The maximum atomic E-state index is 13.2. The molecule has 28 heavy (non-hydrogen) atoms. The number of nitrogens with zero attached hydrogens (tertiary/aromatic N) is 2. The van der Waals surface area contributed by atoms with Gasteiger partial charge in [-0.05, 0) is 48.2 Å². The highest BCUT2D eigenvalue weighted by atomic mass is 16.5. The number of hydrogen-bond donors (Lipinski definition) is 0. The molecule has 1 amide bonds. The summed E-state index contributed by atoms with van der Waals surface area (Å²) >= 11 is 0. The summed E-state index contributed by atoms with van der Waals surface area (Å²) in [6.45, 7) is 6.52. The lowest BCUT2D eigenvalue weighted by molar-refractivity contribution is -0.124. The van der Waals surface area contributed by atoms with E-state index in [2.05, 4.69) is 18.8 Å². The second-order valence-corrected chi connectivity index (χ2v) is 7.08. The summed E-state index contributed by atoms with van der Waals surface area (Å²) in [5.41, 5.74) is 2.28. The third-order valence-corrected chi connectivity index (χ3v) is 4.58. The number of amides is 1. The van der Waals surface area contributed by atoms with Crippen LogP contribution < -0.4 is 9.64 Å². The van der Waals surface area contributed by atoms with E-state index in [0.29, 0.717) is 24.0 Å². The number of carbonyl (C=O) groups excluding carboxylic acids is 1. The van der Waals surface area contributed by atoms with Crippen LogP contribution in [0.25, 0.3) is 0 Å². The van der Waals surface area contributed by atoms with Crippen molar-refractivity contribution in [1.29, 1.82) is 0 Å². The standard InChI is InChI=1S/C24H26N2O2/c1-18(2)21-12-14-22(15-13-21)28-19(3)24(27)26(23-11-7-8-16-25-23)17-20-9-5-4-6-10-20/h4-16,18-19H,17H2,1-3H3. The second-order valence-electron chi connectivity index (χ2n) is 7.08. The van der Waals surface area contributed by atoms with E-state index in [0.717, 1.165) is 5.56 Å². The molecule has 0 aliphatic carbocycles. The van der Waals surface area contributed by atoms with Crippen LogP contribution in [0.2, 0.25) is 0 Å². The maximum absolute atomic E-state index is 13.2. The summed E-state index contributed by atoms with van der Waals surface area (Å²) in [4.78, 5) is 19.2. The van der Waals surface area contributed by atoms with Gasteiger partial charge in [-0.2, -0.15) is 0 Å². The molecule has 3 rings (SSSR count). The Morgan fingerprint density at radius 1 is 0.929 bits per heavy atom. The molecule has 0 N–H and O–H groups in total. The SMILES string of the molecule is CC(Oc1ccc(C(C)C)cc1)C(=O)N(Cc1ccccc1)c1ccccn1. The van der Waals surface area contributed by atoms with Crippen molar-refractivity contribution in [3.8, 4) is 5.75 Å². The Balaban J connectivity index is 1.77. The molecule has 1 unspecified atom stereocenters. The molecule has 3 aromatic rings. The van der Waals surface area contributed by atoms with Gasteiger partial charge < -0.3 is 4.74 Å². The molecule has 144 valence electrons. The molecule has 0 radical (unpaired) electrons. The Hall–Kier alpha value is -3.14. The zero-order valence-corrected chi connectivity index (χ0v) is 16.6. The fourth-order valence-corrected chi connectivity index (χ4v) is 2.96. The van der Waals surface area contributed by atoms with Gasteiger partial charge in [0.05, 0.1) is 6.54 Å². The summed E-state index contributed by atoms with van der Waals surface area (Å²) in [6.07, 6.45) is 1.06. The minimum absolute atomic E-state index is 0.129. The van der Waals surface area contributed by atoms with Crippen LogP contribution in [0.15, 0.2) is 79.0 Å². The Morgan fingerprint density at radius 2 is 1.61 bits per heavy atom. The summed E-state index contributed by atoms with van der Waals surface area (Å²) in [7, 11) is 0. The van der Waals surface area contributed by atoms with Crippen LogP contribution in [0, 0.1) is 0 Å². The first-order chi connectivity index (χ1) is 13.5. The number of anilines is 1. The quantitative estimate of drug-likeness (QED) is 0.570. The summed E-state index contributed by atoms with van der Waals surface area (Å²) < 4.78 is 5.93. The van der Waals surface area contributed by atoms with Crippen molar-refractivity contribution in [3.63, 3.8) is 0 Å². The predicted molar refractivity (Wildman–Crippen MR) is 112 cm³/mol. The Bertz CT molecular complexity index is 877. The van der Waals surface area contributed by atoms with E-state index in [1.54, 1.807) is 18.0 Å². The molecule has 0 aliphatic rings. The van der Waals surface area contributed by atoms with E-state index in [1.165, 1.54) is 5.56 Å². The van der Waals surface area contributed by atoms with Crippen molar-refractivity contribution < 1.29 is 9.53 Å². The average molecular weight is 374 g/mol. The minimum Gasteiger partial charge on any atom is -0.481 e. The van der Waals surface area contributed by atoms with Crippen LogP contribution in [-0.2, 0) is 11.3 Å². The van der Waals surface area contributed by atoms with Crippen LogP contribution in [0.4, 0.5) is 5.82 Å². The van der Waals surface area contributed by atoms with Gasteiger partial charge in [-0.15, -0.1) is 0 Å². The van der Waals surface area contributed by atoms with Gasteiger partial charge in [0.25, 0.3) is 5.91 Å². The van der Waals surface area contributed by atoms with Crippen LogP contribution >= 0.6 is 0 Å². The largest absolute Gasteiger partial charge is 0.481 e. The number of ether oxygens (including phenoxy) is 1.